The first kappa shape index (κ1) is 16.7. The topological polar surface area (TPSA) is 40.8 Å². The van der Waals surface area contributed by atoms with E-state index < -0.39 is 0 Å². The SMILES string of the molecule is CCC1CN(C(=NC)NCc2ccoc2)CCS1.I. The third-order valence-electron chi connectivity index (χ3n) is 3.14. The molecular weight excluding hydrogens is 373 g/mol. The van der Waals surface area contributed by atoms with Crippen LogP contribution in [-0.4, -0.2) is 42.0 Å². The number of nitrogens with zero attached hydrogens (tertiary/aromatic N) is 2. The van der Waals surface area contributed by atoms with Crippen LogP contribution in [0.2, 0.25) is 0 Å². The van der Waals surface area contributed by atoms with E-state index in [1.54, 1.807) is 12.5 Å². The highest BCUT2D eigenvalue weighted by Crippen LogP contribution is 2.21. The third-order valence-corrected chi connectivity index (χ3v) is 4.51. The van der Waals surface area contributed by atoms with Crippen LogP contribution in [0.5, 0.6) is 0 Å². The van der Waals surface area contributed by atoms with Gasteiger partial charge >= 0.3 is 0 Å². The van der Waals surface area contributed by atoms with Gasteiger partial charge in [-0.05, 0) is 12.5 Å². The largest absolute Gasteiger partial charge is 0.472 e. The summed E-state index contributed by atoms with van der Waals surface area (Å²) in [7, 11) is 1.85. The average molecular weight is 395 g/mol. The Labute approximate surface area is 136 Å². The molecule has 1 atom stereocenters. The van der Waals surface area contributed by atoms with Crippen molar-refractivity contribution in [3.63, 3.8) is 0 Å². The minimum atomic E-state index is 0. The number of hydrogen-bond donors (Lipinski definition) is 1. The molecule has 4 nitrogen and oxygen atoms in total. The first-order valence-corrected chi connectivity index (χ1v) is 7.46. The summed E-state index contributed by atoms with van der Waals surface area (Å²) in [5, 5.41) is 4.12. The number of halogens is 1. The Morgan fingerprint density at radius 2 is 2.47 bits per heavy atom. The van der Waals surface area contributed by atoms with Crippen LogP contribution >= 0.6 is 35.7 Å². The predicted octanol–water partition coefficient (Wildman–Crippen LogP) is 2.80. The highest BCUT2D eigenvalue weighted by molar-refractivity contribution is 14.0. The molecule has 2 rings (SSSR count). The summed E-state index contributed by atoms with van der Waals surface area (Å²) in [6, 6.07) is 1.97. The molecule has 6 heteroatoms. The first-order chi connectivity index (χ1) is 8.83. The Hall–Kier alpha value is -0.370. The summed E-state index contributed by atoms with van der Waals surface area (Å²) in [6.45, 7) is 5.19. The van der Waals surface area contributed by atoms with Crippen molar-refractivity contribution in [1.29, 1.82) is 0 Å². The summed E-state index contributed by atoms with van der Waals surface area (Å²) in [4.78, 5) is 6.72. The molecule has 1 aliphatic rings. The third kappa shape index (κ3) is 4.91. The number of rotatable bonds is 3. The van der Waals surface area contributed by atoms with Gasteiger partial charge in [0.1, 0.15) is 0 Å². The maximum Gasteiger partial charge on any atom is 0.193 e. The monoisotopic (exact) mass is 395 g/mol. The lowest BCUT2D eigenvalue weighted by molar-refractivity contribution is 0.408. The Morgan fingerprint density at radius 3 is 3.11 bits per heavy atom. The van der Waals surface area contributed by atoms with Gasteiger partial charge in [0.25, 0.3) is 0 Å². The van der Waals surface area contributed by atoms with Crippen LogP contribution < -0.4 is 5.32 Å². The number of guanidine groups is 1. The van der Waals surface area contributed by atoms with Crippen LogP contribution in [0, 0.1) is 0 Å². The highest BCUT2D eigenvalue weighted by Gasteiger charge is 2.21. The van der Waals surface area contributed by atoms with E-state index in [0.717, 1.165) is 36.4 Å². The fourth-order valence-electron chi connectivity index (χ4n) is 2.07. The molecule has 19 heavy (non-hydrogen) atoms. The van der Waals surface area contributed by atoms with Crippen molar-refractivity contribution in [2.45, 2.75) is 25.1 Å². The molecule has 1 aromatic rings. The quantitative estimate of drug-likeness (QED) is 0.486. The number of hydrogen-bond acceptors (Lipinski definition) is 3. The lowest BCUT2D eigenvalue weighted by Gasteiger charge is -2.34. The molecule has 1 aliphatic heterocycles. The summed E-state index contributed by atoms with van der Waals surface area (Å²) in [5.74, 6) is 2.18. The fraction of sp³-hybridized carbons (Fsp3) is 0.615. The van der Waals surface area contributed by atoms with Gasteiger partial charge in [-0.2, -0.15) is 11.8 Å². The van der Waals surface area contributed by atoms with Gasteiger partial charge in [0.15, 0.2) is 5.96 Å². The zero-order chi connectivity index (χ0) is 12.8. The van der Waals surface area contributed by atoms with E-state index in [4.69, 9.17) is 4.42 Å². The van der Waals surface area contributed by atoms with Gasteiger partial charge in [-0.25, -0.2) is 0 Å². The Morgan fingerprint density at radius 1 is 1.63 bits per heavy atom. The van der Waals surface area contributed by atoms with E-state index in [2.05, 4.69) is 33.9 Å². The number of aliphatic imine (C=N–C) groups is 1. The summed E-state index contributed by atoms with van der Waals surface area (Å²) < 4.78 is 5.06. The second kappa shape index (κ2) is 8.73. The summed E-state index contributed by atoms with van der Waals surface area (Å²) in [5.41, 5.74) is 1.15. The minimum absolute atomic E-state index is 0. The molecule has 1 saturated heterocycles. The molecule has 0 aromatic carbocycles. The van der Waals surface area contributed by atoms with Crippen molar-refractivity contribution in [1.82, 2.24) is 10.2 Å². The van der Waals surface area contributed by atoms with E-state index in [9.17, 15) is 0 Å². The highest BCUT2D eigenvalue weighted by atomic mass is 127. The molecular formula is C13H22IN3OS. The molecule has 1 aromatic heterocycles. The zero-order valence-corrected chi connectivity index (χ0v) is 14.6. The van der Waals surface area contributed by atoms with Gasteiger partial charge in [0.2, 0.25) is 0 Å². The number of furan rings is 1. The van der Waals surface area contributed by atoms with Crippen LogP contribution in [0.3, 0.4) is 0 Å². The van der Waals surface area contributed by atoms with E-state index in [1.807, 2.05) is 13.1 Å². The van der Waals surface area contributed by atoms with Crippen LogP contribution in [0.25, 0.3) is 0 Å². The number of nitrogens with one attached hydrogen (secondary N) is 1. The first-order valence-electron chi connectivity index (χ1n) is 6.41. The summed E-state index contributed by atoms with van der Waals surface area (Å²) in [6.07, 6.45) is 4.69. The van der Waals surface area contributed by atoms with E-state index in [-0.39, 0.29) is 24.0 Å². The predicted molar refractivity (Wildman–Crippen MR) is 92.4 cm³/mol. The smallest absolute Gasteiger partial charge is 0.193 e. The van der Waals surface area contributed by atoms with Crippen LogP contribution in [0.15, 0.2) is 28.0 Å². The Balaban J connectivity index is 0.00000180. The molecule has 108 valence electrons. The van der Waals surface area contributed by atoms with Crippen molar-refractivity contribution in [3.8, 4) is 0 Å². The molecule has 1 fully saturated rings. The van der Waals surface area contributed by atoms with E-state index in [0.29, 0.717) is 0 Å². The average Bonchev–Trinajstić information content (AvgIpc) is 2.93. The van der Waals surface area contributed by atoms with Crippen LogP contribution in [0.1, 0.15) is 18.9 Å². The van der Waals surface area contributed by atoms with Crippen LogP contribution in [-0.2, 0) is 6.54 Å². The van der Waals surface area contributed by atoms with Gasteiger partial charge < -0.3 is 14.6 Å². The molecule has 0 aliphatic carbocycles. The van der Waals surface area contributed by atoms with Crippen molar-refractivity contribution < 1.29 is 4.42 Å². The van der Waals surface area contributed by atoms with Crippen molar-refractivity contribution >= 4 is 41.7 Å². The minimum Gasteiger partial charge on any atom is -0.472 e. The lowest BCUT2D eigenvalue weighted by Crippen LogP contribution is -2.47. The zero-order valence-electron chi connectivity index (χ0n) is 11.5. The molecule has 0 bridgehead atoms. The van der Waals surface area contributed by atoms with Crippen LogP contribution in [0.4, 0.5) is 0 Å². The number of thioether (sulfide) groups is 1. The van der Waals surface area contributed by atoms with Crippen molar-refractivity contribution in [2.24, 2.45) is 4.99 Å². The molecule has 0 spiro atoms. The van der Waals surface area contributed by atoms with Gasteiger partial charge in [-0.3, -0.25) is 4.99 Å². The molecule has 2 heterocycles. The van der Waals surface area contributed by atoms with E-state index >= 15 is 0 Å². The maximum atomic E-state index is 5.06. The molecule has 1 unspecified atom stereocenters. The van der Waals surface area contributed by atoms with Gasteiger partial charge in [-0.15, -0.1) is 24.0 Å². The van der Waals surface area contributed by atoms with E-state index in [1.165, 1.54) is 12.2 Å². The maximum absolute atomic E-state index is 5.06. The standard InChI is InChI=1S/C13H21N3OS.HI/c1-3-12-9-16(5-7-18-12)13(14-2)15-8-11-4-6-17-10-11;/h4,6,10,12H,3,5,7-9H2,1-2H3,(H,14,15);1H. The molecule has 1 N–H and O–H groups in total. The molecule has 0 amide bonds. The van der Waals surface area contributed by atoms with Gasteiger partial charge in [0.05, 0.1) is 12.5 Å². The second-order valence-corrected chi connectivity index (χ2v) is 5.79. The molecule has 0 radical (unpaired) electrons. The Kier molecular flexibility index (Phi) is 7.67. The molecule has 0 saturated carbocycles. The van der Waals surface area contributed by atoms with Gasteiger partial charge in [0, 0.05) is 43.2 Å². The van der Waals surface area contributed by atoms with Crippen molar-refractivity contribution in [3.05, 3.63) is 24.2 Å². The van der Waals surface area contributed by atoms with Crippen molar-refractivity contribution in [2.75, 3.05) is 25.9 Å². The normalized spacial score (nSPS) is 20.0. The Bertz CT molecular complexity index is 383. The van der Waals surface area contributed by atoms with Gasteiger partial charge in [-0.1, -0.05) is 6.92 Å². The fourth-order valence-corrected chi connectivity index (χ4v) is 3.25. The second-order valence-electron chi connectivity index (χ2n) is 4.38. The summed E-state index contributed by atoms with van der Waals surface area (Å²) >= 11 is 2.07. The lowest BCUT2D eigenvalue weighted by atomic mass is 10.3.